The van der Waals surface area contributed by atoms with E-state index in [1.165, 1.54) is 16.9 Å². The fraction of sp³-hybridized carbons (Fsp3) is 0.412. The second-order valence-electron chi connectivity index (χ2n) is 5.18. The molecule has 2 heterocycles. The average Bonchev–Trinajstić information content (AvgIpc) is 2.84. The highest BCUT2D eigenvalue weighted by atomic mass is 32.1. The number of carbonyl (C=O) groups excluding carboxylic acids is 1. The van der Waals surface area contributed by atoms with Gasteiger partial charge in [-0.15, -0.1) is 11.3 Å². The van der Waals surface area contributed by atoms with Crippen LogP contribution in [-0.4, -0.2) is 30.6 Å². The van der Waals surface area contributed by atoms with Crippen LogP contribution in [0.25, 0.3) is 0 Å². The van der Waals surface area contributed by atoms with E-state index in [4.69, 9.17) is 10.5 Å². The largest absolute Gasteiger partial charge is 0.462 e. The zero-order valence-corrected chi connectivity index (χ0v) is 14.7. The third-order valence-electron chi connectivity index (χ3n) is 3.72. The van der Waals surface area contributed by atoms with Crippen LogP contribution in [0, 0.1) is 6.92 Å². The van der Waals surface area contributed by atoms with E-state index in [0.717, 1.165) is 30.1 Å². The van der Waals surface area contributed by atoms with Crippen LogP contribution in [0.3, 0.4) is 0 Å². The molecule has 2 aromatic rings. The number of nitrogen functional groups attached to an aromatic ring is 1. The quantitative estimate of drug-likeness (QED) is 0.788. The van der Waals surface area contributed by atoms with Gasteiger partial charge < -0.3 is 15.4 Å². The number of anilines is 2. The van der Waals surface area contributed by atoms with Gasteiger partial charge in [-0.3, -0.25) is 4.98 Å². The molecule has 0 radical (unpaired) electrons. The molecule has 0 saturated carbocycles. The molecule has 23 heavy (non-hydrogen) atoms. The highest BCUT2D eigenvalue weighted by Crippen LogP contribution is 2.38. The van der Waals surface area contributed by atoms with Crippen molar-refractivity contribution >= 4 is 27.3 Å². The molecule has 2 N–H and O–H groups in total. The number of ether oxygens (including phenoxy) is 1. The standard InChI is InChI=1S/C17H23N3O2S/c1-4-20(11-8-13-6-9-19-10-7-13)16-12(3)14(15(18)23-16)17(21)22-5-2/h6-7,9-10H,4-5,8,11,18H2,1-3H3. The molecule has 2 rings (SSSR count). The van der Waals surface area contributed by atoms with Crippen molar-refractivity contribution in [3.05, 3.63) is 41.2 Å². The summed E-state index contributed by atoms with van der Waals surface area (Å²) >= 11 is 1.45. The minimum atomic E-state index is -0.338. The molecule has 0 fully saturated rings. The Morgan fingerprint density at radius 1 is 1.35 bits per heavy atom. The number of likely N-dealkylation sites (N-methyl/N-ethyl adjacent to an activating group) is 1. The lowest BCUT2D eigenvalue weighted by Crippen LogP contribution is -2.25. The number of nitrogens with two attached hydrogens (primary N) is 1. The lowest BCUT2D eigenvalue weighted by Gasteiger charge is -2.22. The van der Waals surface area contributed by atoms with Crippen molar-refractivity contribution in [1.82, 2.24) is 4.98 Å². The maximum absolute atomic E-state index is 12.1. The predicted octanol–water partition coefficient (Wildman–Crippen LogP) is 3.28. The molecule has 0 spiro atoms. The van der Waals surface area contributed by atoms with Gasteiger partial charge in [0.25, 0.3) is 0 Å². The van der Waals surface area contributed by atoms with Crippen LogP contribution in [0.5, 0.6) is 0 Å². The predicted molar refractivity (Wildman–Crippen MR) is 95.3 cm³/mol. The second kappa shape index (κ2) is 7.97. The lowest BCUT2D eigenvalue weighted by atomic mass is 10.1. The van der Waals surface area contributed by atoms with Gasteiger partial charge in [0, 0.05) is 31.0 Å². The Bertz CT molecular complexity index is 655. The van der Waals surface area contributed by atoms with Crippen LogP contribution in [0.4, 0.5) is 10.0 Å². The summed E-state index contributed by atoms with van der Waals surface area (Å²) in [5, 5.41) is 1.57. The molecule has 0 aromatic carbocycles. The zero-order chi connectivity index (χ0) is 16.8. The van der Waals surface area contributed by atoms with Crippen molar-refractivity contribution in [1.29, 1.82) is 0 Å². The Balaban J connectivity index is 2.18. The normalized spacial score (nSPS) is 10.6. The van der Waals surface area contributed by atoms with E-state index in [1.54, 1.807) is 19.3 Å². The van der Waals surface area contributed by atoms with Crippen molar-refractivity contribution in [3.63, 3.8) is 0 Å². The number of carbonyl (C=O) groups is 1. The summed E-state index contributed by atoms with van der Waals surface area (Å²) in [5.41, 5.74) is 8.71. The van der Waals surface area contributed by atoms with E-state index in [9.17, 15) is 4.79 Å². The van der Waals surface area contributed by atoms with Gasteiger partial charge in [0.15, 0.2) is 0 Å². The minimum Gasteiger partial charge on any atom is -0.462 e. The number of thiophene rings is 1. The molecule has 0 amide bonds. The Morgan fingerprint density at radius 3 is 2.65 bits per heavy atom. The number of hydrogen-bond acceptors (Lipinski definition) is 6. The smallest absolute Gasteiger partial charge is 0.341 e. The van der Waals surface area contributed by atoms with Crippen molar-refractivity contribution < 1.29 is 9.53 Å². The van der Waals surface area contributed by atoms with Crippen molar-refractivity contribution in [2.24, 2.45) is 0 Å². The van der Waals surface area contributed by atoms with Crippen LogP contribution >= 0.6 is 11.3 Å². The van der Waals surface area contributed by atoms with E-state index in [0.29, 0.717) is 17.2 Å². The Hall–Kier alpha value is -2.08. The maximum Gasteiger partial charge on any atom is 0.341 e. The summed E-state index contributed by atoms with van der Waals surface area (Å²) < 4.78 is 5.11. The van der Waals surface area contributed by atoms with Gasteiger partial charge >= 0.3 is 5.97 Å². The number of pyridine rings is 1. The molecule has 0 aliphatic heterocycles. The highest BCUT2D eigenvalue weighted by Gasteiger charge is 2.23. The van der Waals surface area contributed by atoms with E-state index >= 15 is 0 Å². The molecule has 5 nitrogen and oxygen atoms in total. The van der Waals surface area contributed by atoms with Gasteiger partial charge in [0.05, 0.1) is 17.2 Å². The van der Waals surface area contributed by atoms with Gasteiger partial charge in [-0.2, -0.15) is 0 Å². The molecule has 124 valence electrons. The first-order valence-corrected chi connectivity index (χ1v) is 8.59. The molecule has 0 saturated heterocycles. The first-order valence-electron chi connectivity index (χ1n) is 7.78. The summed E-state index contributed by atoms with van der Waals surface area (Å²) in [6.45, 7) is 7.90. The van der Waals surface area contributed by atoms with Crippen LogP contribution in [0.15, 0.2) is 24.5 Å². The summed E-state index contributed by atoms with van der Waals surface area (Å²) in [5.74, 6) is -0.338. The zero-order valence-electron chi connectivity index (χ0n) is 13.8. The molecule has 0 aliphatic rings. The molecule has 0 unspecified atom stereocenters. The molecule has 0 atom stereocenters. The molecular weight excluding hydrogens is 310 g/mol. The van der Waals surface area contributed by atoms with Gasteiger partial charge in [-0.1, -0.05) is 0 Å². The van der Waals surface area contributed by atoms with Gasteiger partial charge in [-0.05, 0) is 44.9 Å². The monoisotopic (exact) mass is 333 g/mol. The van der Waals surface area contributed by atoms with Crippen LogP contribution in [0.2, 0.25) is 0 Å². The summed E-state index contributed by atoms with van der Waals surface area (Å²) in [4.78, 5) is 18.4. The van der Waals surface area contributed by atoms with E-state index in [1.807, 2.05) is 19.1 Å². The number of esters is 1. The van der Waals surface area contributed by atoms with Crippen LogP contribution < -0.4 is 10.6 Å². The molecular formula is C17H23N3O2S. The van der Waals surface area contributed by atoms with Crippen LogP contribution in [-0.2, 0) is 11.2 Å². The van der Waals surface area contributed by atoms with E-state index in [-0.39, 0.29) is 5.97 Å². The summed E-state index contributed by atoms with van der Waals surface area (Å²) in [6.07, 6.45) is 4.53. The number of nitrogens with zero attached hydrogens (tertiary/aromatic N) is 2. The van der Waals surface area contributed by atoms with Crippen LogP contribution in [0.1, 0.15) is 35.3 Å². The van der Waals surface area contributed by atoms with E-state index in [2.05, 4.69) is 16.8 Å². The number of hydrogen-bond donors (Lipinski definition) is 1. The van der Waals surface area contributed by atoms with Gasteiger partial charge in [0.1, 0.15) is 5.00 Å². The fourth-order valence-electron chi connectivity index (χ4n) is 2.50. The van der Waals surface area contributed by atoms with Crippen molar-refractivity contribution in [2.45, 2.75) is 27.2 Å². The highest BCUT2D eigenvalue weighted by molar-refractivity contribution is 7.20. The third-order valence-corrected chi connectivity index (χ3v) is 4.90. The van der Waals surface area contributed by atoms with Crippen molar-refractivity contribution in [3.8, 4) is 0 Å². The van der Waals surface area contributed by atoms with Gasteiger partial charge in [0.2, 0.25) is 0 Å². The number of aromatic nitrogens is 1. The Morgan fingerprint density at radius 2 is 2.04 bits per heavy atom. The fourth-order valence-corrected chi connectivity index (χ4v) is 3.65. The number of rotatable bonds is 7. The molecule has 0 bridgehead atoms. The maximum atomic E-state index is 12.1. The SMILES string of the molecule is CCOC(=O)c1c(N)sc(N(CC)CCc2ccncc2)c1C. The minimum absolute atomic E-state index is 0.338. The lowest BCUT2D eigenvalue weighted by molar-refractivity contribution is 0.0527. The average molecular weight is 333 g/mol. The van der Waals surface area contributed by atoms with Crippen molar-refractivity contribution in [2.75, 3.05) is 30.3 Å². The Labute approximate surface area is 141 Å². The first-order chi connectivity index (χ1) is 11.1. The third kappa shape index (κ3) is 4.01. The molecule has 2 aromatic heterocycles. The van der Waals surface area contributed by atoms with Gasteiger partial charge in [-0.25, -0.2) is 4.79 Å². The Kier molecular flexibility index (Phi) is 5.98. The second-order valence-corrected chi connectivity index (χ2v) is 6.21. The first kappa shape index (κ1) is 17.3. The molecule has 6 heteroatoms. The summed E-state index contributed by atoms with van der Waals surface area (Å²) in [7, 11) is 0. The van der Waals surface area contributed by atoms with E-state index < -0.39 is 0 Å². The topological polar surface area (TPSA) is 68.5 Å². The molecule has 0 aliphatic carbocycles. The summed E-state index contributed by atoms with van der Waals surface area (Å²) in [6, 6.07) is 4.04.